The van der Waals surface area contributed by atoms with Crippen LogP contribution in [-0.4, -0.2) is 26.1 Å². The Labute approximate surface area is 64.0 Å². The van der Waals surface area contributed by atoms with Crippen molar-refractivity contribution in [1.29, 1.82) is 0 Å². The van der Waals surface area contributed by atoms with Crippen molar-refractivity contribution >= 4 is 13.2 Å². The molecule has 0 radical (unpaired) electrons. The second kappa shape index (κ2) is 2.84. The fourth-order valence-corrected chi connectivity index (χ4v) is 2.23. The highest BCUT2D eigenvalue weighted by Crippen LogP contribution is 2.46. The molecule has 0 unspecified atom stereocenters. The van der Waals surface area contributed by atoms with E-state index in [0.29, 0.717) is 0 Å². The van der Waals surface area contributed by atoms with Crippen molar-refractivity contribution in [2.75, 3.05) is 20.0 Å². The second-order valence-corrected chi connectivity index (χ2v) is 8.40. The van der Waals surface area contributed by atoms with Crippen LogP contribution in [0.2, 0.25) is 0 Å². The molecule has 0 aromatic carbocycles. The molecule has 2 heteroatoms. The summed E-state index contributed by atoms with van der Waals surface area (Å²) in [5.74, 6) is 4.60. The summed E-state index contributed by atoms with van der Waals surface area (Å²) in [5.41, 5.74) is 0. The lowest BCUT2D eigenvalue weighted by atomic mass is 9.93. The number of rotatable bonds is 1. The zero-order chi connectivity index (χ0) is 7.61. The first-order chi connectivity index (χ1) is 4.61. The summed E-state index contributed by atoms with van der Waals surface area (Å²) < 4.78 is 0. The van der Waals surface area contributed by atoms with Crippen LogP contribution in [-0.2, 0) is 0 Å². The van der Waals surface area contributed by atoms with Crippen LogP contribution < -0.4 is 0 Å². The summed E-state index contributed by atoms with van der Waals surface area (Å²) in [6, 6.07) is 7.11. The van der Waals surface area contributed by atoms with E-state index in [0.717, 1.165) is 6.06 Å². The van der Waals surface area contributed by atoms with Gasteiger partial charge in [0, 0.05) is 20.0 Å². The van der Waals surface area contributed by atoms with Crippen LogP contribution in [0, 0.1) is 0 Å². The number of hydrogen-bond donors (Lipinski definition) is 0. The van der Waals surface area contributed by atoms with Crippen molar-refractivity contribution in [3.63, 3.8) is 0 Å². The van der Waals surface area contributed by atoms with Crippen LogP contribution in [0.25, 0.3) is 0 Å². The normalized spacial score (nSPS) is 11.5. The Morgan fingerprint density at radius 3 is 1.70 bits per heavy atom. The van der Waals surface area contributed by atoms with Gasteiger partial charge in [-0.05, 0) is 0 Å². The standard InChI is InChI=1S/C8H14BP/c1-10(2,3)9-7-5-4-6-8-9/h4-8H,1-3H3. The van der Waals surface area contributed by atoms with Crippen LogP contribution in [0.3, 0.4) is 0 Å². The minimum Gasteiger partial charge on any atom is -0.218 e. The van der Waals surface area contributed by atoms with E-state index < -0.39 is 7.14 Å². The molecule has 0 nitrogen and oxygen atoms in total. The van der Waals surface area contributed by atoms with Gasteiger partial charge in [-0.3, -0.25) is 0 Å². The molecule has 0 saturated heterocycles. The van der Waals surface area contributed by atoms with Gasteiger partial charge in [-0.1, -0.05) is 6.07 Å². The van der Waals surface area contributed by atoms with Crippen molar-refractivity contribution in [2.45, 2.75) is 0 Å². The first kappa shape index (κ1) is 7.95. The first-order valence-corrected chi connectivity index (χ1v) is 6.80. The fraction of sp³-hybridized carbons (Fsp3) is 0.375. The van der Waals surface area contributed by atoms with Crippen LogP contribution >= 0.6 is 7.14 Å². The lowest BCUT2D eigenvalue weighted by molar-refractivity contribution is 1.85. The molecular weight excluding hydrogens is 138 g/mol. The predicted octanol–water partition coefficient (Wildman–Crippen LogP) is 2.38. The maximum absolute atomic E-state index is 2.37. The van der Waals surface area contributed by atoms with E-state index in [2.05, 4.69) is 50.1 Å². The molecule has 0 fully saturated rings. The van der Waals surface area contributed by atoms with Gasteiger partial charge in [0.25, 0.3) is 0 Å². The van der Waals surface area contributed by atoms with E-state index in [1.807, 2.05) is 0 Å². The Bertz CT molecular complexity index is 200. The van der Waals surface area contributed by atoms with Gasteiger partial charge in [0.2, 0.25) is 0 Å². The Hall–Kier alpha value is -0.155. The van der Waals surface area contributed by atoms with Gasteiger partial charge in [-0.25, -0.2) is 11.9 Å². The molecule has 0 aliphatic rings. The van der Waals surface area contributed by atoms with Crippen molar-refractivity contribution in [2.24, 2.45) is 0 Å². The van der Waals surface area contributed by atoms with Gasteiger partial charge in [0.15, 0.2) is 0 Å². The van der Waals surface area contributed by atoms with E-state index in [4.69, 9.17) is 0 Å². The Morgan fingerprint density at radius 2 is 1.40 bits per heavy atom. The zero-order valence-electron chi connectivity index (χ0n) is 6.91. The summed E-state index contributed by atoms with van der Waals surface area (Å²) >= 11 is 0. The average Bonchev–Trinajstić information content (AvgIpc) is 1.88. The molecule has 0 saturated carbocycles. The molecule has 54 valence electrons. The van der Waals surface area contributed by atoms with Crippen LogP contribution in [0.1, 0.15) is 0 Å². The molecular formula is C8H14BP. The Balaban J connectivity index is 2.97. The molecule has 0 bridgehead atoms. The maximum Gasteiger partial charge on any atom is 0.0776 e. The van der Waals surface area contributed by atoms with Crippen molar-refractivity contribution in [3.05, 3.63) is 30.1 Å². The van der Waals surface area contributed by atoms with Gasteiger partial charge >= 0.3 is 0 Å². The highest BCUT2D eigenvalue weighted by molar-refractivity contribution is 8.00. The van der Waals surface area contributed by atoms with Gasteiger partial charge in [0.1, 0.15) is 0 Å². The summed E-state index contributed by atoms with van der Waals surface area (Å²) in [7, 11) is -0.685. The fourth-order valence-electron chi connectivity index (χ4n) is 1.00. The first-order valence-electron chi connectivity index (χ1n) is 3.60. The van der Waals surface area contributed by atoms with E-state index in [9.17, 15) is 0 Å². The Morgan fingerprint density at radius 1 is 0.900 bits per heavy atom. The summed E-state index contributed by atoms with van der Waals surface area (Å²) in [4.78, 5) is 0. The monoisotopic (exact) mass is 152 g/mol. The van der Waals surface area contributed by atoms with E-state index in [1.54, 1.807) is 0 Å². The summed E-state index contributed by atoms with van der Waals surface area (Å²) in [6.45, 7) is 7.12. The molecule has 1 aromatic rings. The van der Waals surface area contributed by atoms with E-state index in [1.165, 1.54) is 0 Å². The second-order valence-electron chi connectivity index (χ2n) is 3.57. The van der Waals surface area contributed by atoms with Crippen molar-refractivity contribution < 1.29 is 0 Å². The highest BCUT2D eigenvalue weighted by atomic mass is 31.2. The third kappa shape index (κ3) is 1.92. The summed E-state index contributed by atoms with van der Waals surface area (Å²) in [6.07, 6.45) is 0. The van der Waals surface area contributed by atoms with Crippen molar-refractivity contribution in [3.8, 4) is 0 Å². The lowest BCUT2D eigenvalue weighted by Gasteiger charge is -2.21. The molecule has 10 heavy (non-hydrogen) atoms. The molecule has 0 atom stereocenters. The predicted molar refractivity (Wildman–Crippen MR) is 52.5 cm³/mol. The third-order valence-corrected chi connectivity index (χ3v) is 3.87. The van der Waals surface area contributed by atoms with Gasteiger partial charge in [0.05, 0.1) is 6.06 Å². The molecule has 0 amide bonds. The molecule has 1 aromatic heterocycles. The maximum atomic E-state index is 2.37. The largest absolute Gasteiger partial charge is 0.218 e. The van der Waals surface area contributed by atoms with Crippen molar-refractivity contribution in [1.82, 2.24) is 0 Å². The molecule has 0 N–H and O–H groups in total. The smallest absolute Gasteiger partial charge is 0.0776 e. The zero-order valence-corrected chi connectivity index (χ0v) is 7.81. The summed E-state index contributed by atoms with van der Waals surface area (Å²) in [5, 5.41) is 0. The van der Waals surface area contributed by atoms with E-state index >= 15 is 0 Å². The average molecular weight is 152 g/mol. The molecule has 0 spiro atoms. The van der Waals surface area contributed by atoms with E-state index in [-0.39, 0.29) is 0 Å². The SMILES string of the molecule is C[P+](C)(C)[b-]1ccccc1. The molecule has 0 aliphatic heterocycles. The lowest BCUT2D eigenvalue weighted by Crippen LogP contribution is -2.00. The highest BCUT2D eigenvalue weighted by Gasteiger charge is 2.07. The molecule has 0 aliphatic carbocycles. The molecule has 1 rings (SSSR count). The molecule has 1 heterocycles. The third-order valence-electron chi connectivity index (χ3n) is 1.73. The minimum atomic E-state index is -0.685. The van der Waals surface area contributed by atoms with Gasteiger partial charge in [-0.15, -0.1) is 12.1 Å². The minimum absolute atomic E-state index is 0.685. The quantitative estimate of drug-likeness (QED) is 0.542. The van der Waals surface area contributed by atoms with Crippen LogP contribution in [0.5, 0.6) is 0 Å². The van der Waals surface area contributed by atoms with Gasteiger partial charge < -0.3 is 0 Å². The van der Waals surface area contributed by atoms with Gasteiger partial charge in [-0.2, -0.15) is 7.14 Å². The topological polar surface area (TPSA) is 0 Å². The van der Waals surface area contributed by atoms with Crippen LogP contribution in [0.4, 0.5) is 0 Å². The number of hydrogen-bond acceptors (Lipinski definition) is 0. The Kier molecular flexibility index (Phi) is 2.26. The van der Waals surface area contributed by atoms with Crippen LogP contribution in [0.15, 0.2) is 30.1 Å².